The van der Waals surface area contributed by atoms with Crippen LogP contribution >= 0.6 is 12.2 Å². The summed E-state index contributed by atoms with van der Waals surface area (Å²) in [5, 5.41) is 0. The Morgan fingerprint density at radius 3 is 2.79 bits per heavy atom. The van der Waals surface area contributed by atoms with Crippen LogP contribution in [0.5, 0.6) is 0 Å². The van der Waals surface area contributed by atoms with Gasteiger partial charge in [0, 0.05) is 0 Å². The number of aromatic amines is 1. The van der Waals surface area contributed by atoms with Gasteiger partial charge in [0.2, 0.25) is 0 Å². The van der Waals surface area contributed by atoms with Crippen LogP contribution in [0.3, 0.4) is 0 Å². The largest absolute Gasteiger partial charge is 0.369 e. The SMILES string of the molecule is CC1=NC(C)(N)c2c1[nH]c(N)nc2=S. The van der Waals surface area contributed by atoms with E-state index in [1.807, 2.05) is 6.92 Å². The lowest BCUT2D eigenvalue weighted by Crippen LogP contribution is -2.29. The van der Waals surface area contributed by atoms with Crippen LogP contribution < -0.4 is 11.5 Å². The van der Waals surface area contributed by atoms with Crippen molar-refractivity contribution in [1.29, 1.82) is 0 Å². The molecule has 1 atom stereocenters. The van der Waals surface area contributed by atoms with E-state index in [9.17, 15) is 0 Å². The predicted molar refractivity (Wildman–Crippen MR) is 57.6 cm³/mol. The molecule has 14 heavy (non-hydrogen) atoms. The zero-order valence-electron chi connectivity index (χ0n) is 7.96. The van der Waals surface area contributed by atoms with Crippen molar-refractivity contribution >= 4 is 23.9 Å². The number of H-pyrrole nitrogens is 1. The monoisotopic (exact) mass is 209 g/mol. The number of hydrogen-bond donors (Lipinski definition) is 3. The maximum absolute atomic E-state index is 5.98. The number of nitrogens with one attached hydrogen (secondary N) is 1. The summed E-state index contributed by atoms with van der Waals surface area (Å²) >= 11 is 5.10. The molecule has 1 aliphatic rings. The van der Waals surface area contributed by atoms with Gasteiger partial charge in [0.1, 0.15) is 10.3 Å². The number of aliphatic imine (C=N–C) groups is 1. The number of fused-ring (bicyclic) bond motifs is 1. The highest BCUT2D eigenvalue weighted by Gasteiger charge is 2.33. The molecule has 5 N–H and O–H groups in total. The van der Waals surface area contributed by atoms with Crippen LogP contribution in [0.4, 0.5) is 5.95 Å². The van der Waals surface area contributed by atoms with E-state index in [4.69, 9.17) is 23.7 Å². The Bertz CT molecular complexity index is 485. The van der Waals surface area contributed by atoms with Crippen molar-refractivity contribution in [2.45, 2.75) is 19.5 Å². The molecule has 1 aliphatic heterocycles. The fourth-order valence-corrected chi connectivity index (χ4v) is 2.10. The van der Waals surface area contributed by atoms with E-state index in [0.717, 1.165) is 17.0 Å². The Morgan fingerprint density at radius 1 is 1.50 bits per heavy atom. The van der Waals surface area contributed by atoms with Gasteiger partial charge in [-0.2, -0.15) is 0 Å². The van der Waals surface area contributed by atoms with Gasteiger partial charge in [-0.05, 0) is 13.8 Å². The van der Waals surface area contributed by atoms with Crippen molar-refractivity contribution in [3.05, 3.63) is 15.9 Å². The number of nitrogens with zero attached hydrogens (tertiary/aromatic N) is 2. The molecule has 74 valence electrons. The molecule has 0 amide bonds. The van der Waals surface area contributed by atoms with Crippen LogP contribution in [0, 0.1) is 4.64 Å². The molecule has 1 aromatic heterocycles. The maximum atomic E-state index is 5.98. The minimum absolute atomic E-state index is 0.293. The third-order valence-corrected chi connectivity index (χ3v) is 2.50. The van der Waals surface area contributed by atoms with Gasteiger partial charge < -0.3 is 16.5 Å². The molecule has 0 radical (unpaired) electrons. The highest BCUT2D eigenvalue weighted by Crippen LogP contribution is 2.30. The van der Waals surface area contributed by atoms with Gasteiger partial charge >= 0.3 is 0 Å². The van der Waals surface area contributed by atoms with Gasteiger partial charge in [-0.3, -0.25) is 4.99 Å². The van der Waals surface area contributed by atoms with Gasteiger partial charge in [0.05, 0.1) is 17.0 Å². The topological polar surface area (TPSA) is 93.1 Å². The summed E-state index contributed by atoms with van der Waals surface area (Å²) in [4.78, 5) is 11.2. The molecule has 0 saturated heterocycles. The van der Waals surface area contributed by atoms with E-state index in [1.54, 1.807) is 6.92 Å². The van der Waals surface area contributed by atoms with Crippen LogP contribution in [0.2, 0.25) is 0 Å². The van der Waals surface area contributed by atoms with Crippen LogP contribution in [0.25, 0.3) is 0 Å². The van der Waals surface area contributed by atoms with Gasteiger partial charge in [0.25, 0.3) is 0 Å². The molecule has 5 nitrogen and oxygen atoms in total. The summed E-state index contributed by atoms with van der Waals surface area (Å²) in [7, 11) is 0. The van der Waals surface area contributed by atoms with E-state index < -0.39 is 5.66 Å². The molecule has 0 aromatic carbocycles. The number of hydrogen-bond acceptors (Lipinski definition) is 5. The molecule has 1 aromatic rings. The van der Waals surface area contributed by atoms with E-state index >= 15 is 0 Å². The van der Waals surface area contributed by atoms with E-state index in [1.165, 1.54) is 0 Å². The van der Waals surface area contributed by atoms with Gasteiger partial charge in [-0.15, -0.1) is 0 Å². The quantitative estimate of drug-likeness (QED) is 0.548. The first-order chi connectivity index (χ1) is 6.42. The molecule has 0 bridgehead atoms. The second-order valence-corrected chi connectivity index (χ2v) is 3.91. The van der Waals surface area contributed by atoms with Gasteiger partial charge in [0.15, 0.2) is 5.95 Å². The third-order valence-electron chi connectivity index (χ3n) is 2.21. The third kappa shape index (κ3) is 1.15. The molecule has 0 fully saturated rings. The molecule has 2 rings (SSSR count). The van der Waals surface area contributed by atoms with Crippen LogP contribution in [0.15, 0.2) is 4.99 Å². The smallest absolute Gasteiger partial charge is 0.199 e. The molecular formula is C8H11N5S. The maximum Gasteiger partial charge on any atom is 0.199 e. The number of nitrogen functional groups attached to an aromatic ring is 1. The Hall–Kier alpha value is -1.27. The average molecular weight is 209 g/mol. The summed E-state index contributed by atoms with van der Waals surface area (Å²) in [6.45, 7) is 3.66. The second kappa shape index (κ2) is 2.61. The minimum Gasteiger partial charge on any atom is -0.369 e. The lowest BCUT2D eigenvalue weighted by Gasteiger charge is -2.15. The van der Waals surface area contributed by atoms with Crippen molar-refractivity contribution in [3.63, 3.8) is 0 Å². The number of rotatable bonds is 0. The molecule has 0 aliphatic carbocycles. The predicted octanol–water partition coefficient (Wildman–Crippen LogP) is 0.675. The van der Waals surface area contributed by atoms with Crippen molar-refractivity contribution in [2.24, 2.45) is 10.7 Å². The summed E-state index contributed by atoms with van der Waals surface area (Å²) in [6.07, 6.45) is 0. The van der Waals surface area contributed by atoms with Crippen molar-refractivity contribution in [1.82, 2.24) is 9.97 Å². The Morgan fingerprint density at radius 2 is 2.14 bits per heavy atom. The van der Waals surface area contributed by atoms with E-state index in [0.29, 0.717) is 10.6 Å². The van der Waals surface area contributed by atoms with Crippen LogP contribution in [0.1, 0.15) is 25.1 Å². The second-order valence-electron chi connectivity index (χ2n) is 3.52. The summed E-state index contributed by atoms with van der Waals surface area (Å²) in [5.41, 5.74) is 13.1. The number of anilines is 1. The number of nitrogens with two attached hydrogens (primary N) is 2. The Balaban J connectivity index is 2.83. The first kappa shape index (κ1) is 9.29. The Kier molecular flexibility index (Phi) is 1.73. The fraction of sp³-hybridized carbons (Fsp3) is 0.375. The normalized spacial score (nSPS) is 24.6. The Labute approximate surface area is 86.3 Å². The first-order valence-corrected chi connectivity index (χ1v) is 4.58. The summed E-state index contributed by atoms with van der Waals surface area (Å²) < 4.78 is 0.418. The molecule has 6 heteroatoms. The van der Waals surface area contributed by atoms with Crippen molar-refractivity contribution in [2.75, 3.05) is 5.73 Å². The lowest BCUT2D eigenvalue weighted by molar-refractivity contribution is 0.531. The van der Waals surface area contributed by atoms with Gasteiger partial charge in [-0.25, -0.2) is 4.98 Å². The van der Waals surface area contributed by atoms with Gasteiger partial charge in [-0.1, -0.05) is 12.2 Å². The average Bonchev–Trinajstić information content (AvgIpc) is 2.21. The van der Waals surface area contributed by atoms with E-state index in [2.05, 4.69) is 15.0 Å². The van der Waals surface area contributed by atoms with Crippen molar-refractivity contribution < 1.29 is 0 Å². The molecular weight excluding hydrogens is 198 g/mol. The lowest BCUT2D eigenvalue weighted by atomic mass is 10.1. The summed E-state index contributed by atoms with van der Waals surface area (Å²) in [5.74, 6) is 0.293. The molecule has 0 spiro atoms. The zero-order chi connectivity index (χ0) is 10.5. The standard InChI is InChI=1S/C8H11N5S/c1-3-5-4(8(2,10)13-3)6(14)12-7(9)11-5/h10H2,1-2H3,(H3,9,11,12,14). The minimum atomic E-state index is -0.784. The number of aromatic nitrogens is 2. The molecule has 1 unspecified atom stereocenters. The molecule has 0 saturated carbocycles. The van der Waals surface area contributed by atoms with Crippen LogP contribution in [-0.4, -0.2) is 15.7 Å². The fourth-order valence-electron chi connectivity index (χ4n) is 1.69. The van der Waals surface area contributed by atoms with Crippen molar-refractivity contribution in [3.8, 4) is 0 Å². The molecule has 2 heterocycles. The first-order valence-electron chi connectivity index (χ1n) is 4.18. The summed E-state index contributed by atoms with van der Waals surface area (Å²) in [6, 6.07) is 0. The zero-order valence-corrected chi connectivity index (χ0v) is 8.77. The highest BCUT2D eigenvalue weighted by atomic mass is 32.1. The highest BCUT2D eigenvalue weighted by molar-refractivity contribution is 7.71. The van der Waals surface area contributed by atoms with Crippen LogP contribution in [-0.2, 0) is 5.66 Å². The van der Waals surface area contributed by atoms with E-state index in [-0.39, 0.29) is 0 Å².